The molecular weight excluding hydrogens is 303 g/mol. The first-order valence-electron chi connectivity index (χ1n) is 6.84. The van der Waals surface area contributed by atoms with Crippen molar-refractivity contribution in [3.8, 4) is 0 Å². The smallest absolute Gasteiger partial charge is 0.212 e. The fourth-order valence-corrected chi connectivity index (χ4v) is 2.48. The summed E-state index contributed by atoms with van der Waals surface area (Å²) in [6.45, 7) is 2.25. The summed E-state index contributed by atoms with van der Waals surface area (Å²) >= 11 is 5.84. The molecule has 1 heterocycles. The maximum absolute atomic E-state index is 13.8. The largest absolute Gasteiger partial charge is 0.377 e. The highest BCUT2D eigenvalue weighted by Crippen LogP contribution is 2.17. The number of anilines is 1. The molecule has 0 aliphatic rings. The van der Waals surface area contributed by atoms with Crippen LogP contribution in [0, 0.1) is 12.7 Å². The van der Waals surface area contributed by atoms with E-state index in [0.717, 1.165) is 5.56 Å². The molecule has 0 bridgehead atoms. The molecule has 0 spiro atoms. The summed E-state index contributed by atoms with van der Waals surface area (Å²) in [6, 6.07) is 10.4. The van der Waals surface area contributed by atoms with E-state index in [2.05, 4.69) is 10.3 Å². The fraction of sp³-hybridized carbons (Fsp3) is 0.118. The highest BCUT2D eigenvalue weighted by Gasteiger charge is 2.09. The van der Waals surface area contributed by atoms with Gasteiger partial charge in [-0.15, -0.1) is 0 Å². The molecular formula is C17H14ClFN2O. The third kappa shape index (κ3) is 2.83. The molecule has 2 N–H and O–H groups in total. The van der Waals surface area contributed by atoms with Gasteiger partial charge in [0.15, 0.2) is 0 Å². The fourth-order valence-electron chi connectivity index (χ4n) is 2.35. The summed E-state index contributed by atoms with van der Waals surface area (Å²) in [5, 5.41) is 4.08. The van der Waals surface area contributed by atoms with Crippen LogP contribution < -0.4 is 10.7 Å². The van der Waals surface area contributed by atoms with Gasteiger partial charge in [0.25, 0.3) is 0 Å². The molecule has 1 aromatic heterocycles. The zero-order chi connectivity index (χ0) is 15.7. The van der Waals surface area contributed by atoms with E-state index in [-0.39, 0.29) is 10.9 Å². The van der Waals surface area contributed by atoms with Gasteiger partial charge in [-0.25, -0.2) is 4.39 Å². The lowest BCUT2D eigenvalue weighted by atomic mass is 10.1. The Bertz CT molecular complexity index is 888. The zero-order valence-electron chi connectivity index (χ0n) is 11.9. The molecule has 3 rings (SSSR count). The van der Waals surface area contributed by atoms with Crippen LogP contribution in [0.2, 0.25) is 5.02 Å². The summed E-state index contributed by atoms with van der Waals surface area (Å²) in [4.78, 5) is 15.3. The molecule has 0 amide bonds. The van der Waals surface area contributed by atoms with Gasteiger partial charge >= 0.3 is 0 Å². The maximum Gasteiger partial charge on any atom is 0.212 e. The minimum Gasteiger partial charge on any atom is -0.377 e. The second kappa shape index (κ2) is 5.81. The van der Waals surface area contributed by atoms with E-state index >= 15 is 0 Å². The Balaban J connectivity index is 1.93. The number of aromatic amines is 1. The number of rotatable bonds is 3. The van der Waals surface area contributed by atoms with Gasteiger partial charge in [-0.3, -0.25) is 4.79 Å². The zero-order valence-corrected chi connectivity index (χ0v) is 12.7. The lowest BCUT2D eigenvalue weighted by Gasteiger charge is -2.08. The van der Waals surface area contributed by atoms with Crippen LogP contribution in [0.25, 0.3) is 10.9 Å². The average Bonchev–Trinajstić information content (AvgIpc) is 2.49. The SMILES string of the molecule is Cc1cc(F)c2[nH]cc(NCc3ccc(Cl)cc3)c(=O)c2c1. The molecule has 0 saturated heterocycles. The van der Waals surface area contributed by atoms with Gasteiger partial charge in [0.05, 0.1) is 16.6 Å². The van der Waals surface area contributed by atoms with Crippen LogP contribution in [0.15, 0.2) is 47.4 Å². The van der Waals surface area contributed by atoms with Crippen molar-refractivity contribution in [2.75, 3.05) is 5.32 Å². The van der Waals surface area contributed by atoms with Crippen molar-refractivity contribution >= 4 is 28.2 Å². The van der Waals surface area contributed by atoms with E-state index in [1.54, 1.807) is 25.1 Å². The number of aromatic nitrogens is 1. The molecule has 0 atom stereocenters. The van der Waals surface area contributed by atoms with E-state index in [1.807, 2.05) is 12.1 Å². The van der Waals surface area contributed by atoms with Crippen LogP contribution >= 0.6 is 11.6 Å². The first-order valence-corrected chi connectivity index (χ1v) is 7.22. The van der Waals surface area contributed by atoms with E-state index in [0.29, 0.717) is 28.2 Å². The van der Waals surface area contributed by atoms with Gasteiger partial charge in [0.1, 0.15) is 5.82 Å². The standard InChI is InChI=1S/C17H14ClFN2O/c1-10-6-13-16(14(19)7-10)21-9-15(17(13)22)20-8-11-2-4-12(18)5-3-11/h2-7,9,20H,8H2,1H3,(H,21,22). The van der Waals surface area contributed by atoms with Crippen LogP contribution in [0.4, 0.5) is 10.1 Å². The number of hydrogen-bond donors (Lipinski definition) is 2. The third-order valence-electron chi connectivity index (χ3n) is 3.48. The number of aryl methyl sites for hydroxylation is 1. The van der Waals surface area contributed by atoms with Crippen molar-refractivity contribution in [1.29, 1.82) is 0 Å². The molecule has 5 heteroatoms. The first-order chi connectivity index (χ1) is 10.5. The van der Waals surface area contributed by atoms with E-state index in [1.165, 1.54) is 12.3 Å². The number of nitrogens with one attached hydrogen (secondary N) is 2. The Labute approximate surface area is 131 Å². The molecule has 0 radical (unpaired) electrons. The molecule has 112 valence electrons. The highest BCUT2D eigenvalue weighted by molar-refractivity contribution is 6.30. The Hall–Kier alpha value is -2.33. The lowest BCUT2D eigenvalue weighted by molar-refractivity contribution is 0.635. The predicted octanol–water partition coefficient (Wildman–Crippen LogP) is 4.24. The van der Waals surface area contributed by atoms with Crippen LogP contribution in [0.5, 0.6) is 0 Å². The van der Waals surface area contributed by atoms with E-state index in [9.17, 15) is 9.18 Å². The van der Waals surface area contributed by atoms with Crippen molar-refractivity contribution in [2.45, 2.75) is 13.5 Å². The predicted molar refractivity (Wildman–Crippen MR) is 88.0 cm³/mol. The summed E-state index contributed by atoms with van der Waals surface area (Å²) in [7, 11) is 0. The number of benzene rings is 2. The van der Waals surface area contributed by atoms with Crippen LogP contribution in [0.3, 0.4) is 0 Å². The Morgan fingerprint density at radius 1 is 1.23 bits per heavy atom. The summed E-state index contributed by atoms with van der Waals surface area (Å²) in [5.74, 6) is -0.420. The van der Waals surface area contributed by atoms with Gasteiger partial charge in [-0.2, -0.15) is 0 Å². The van der Waals surface area contributed by atoms with Crippen LogP contribution in [0.1, 0.15) is 11.1 Å². The van der Waals surface area contributed by atoms with Crippen molar-refractivity contribution < 1.29 is 4.39 Å². The molecule has 2 aromatic carbocycles. The van der Waals surface area contributed by atoms with Crippen molar-refractivity contribution in [1.82, 2.24) is 4.98 Å². The van der Waals surface area contributed by atoms with Crippen LogP contribution in [-0.2, 0) is 6.54 Å². The Kier molecular flexibility index (Phi) is 3.86. The van der Waals surface area contributed by atoms with Gasteiger partial charge in [0, 0.05) is 17.8 Å². The highest BCUT2D eigenvalue weighted by atomic mass is 35.5. The maximum atomic E-state index is 13.8. The second-order valence-corrected chi connectivity index (χ2v) is 5.62. The van der Waals surface area contributed by atoms with Gasteiger partial charge in [-0.1, -0.05) is 23.7 Å². The minimum absolute atomic E-state index is 0.217. The number of halogens is 2. The molecule has 3 aromatic rings. The van der Waals surface area contributed by atoms with Gasteiger partial charge < -0.3 is 10.3 Å². The third-order valence-corrected chi connectivity index (χ3v) is 3.73. The Morgan fingerprint density at radius 2 is 1.95 bits per heavy atom. The summed E-state index contributed by atoms with van der Waals surface area (Å²) in [5.41, 5.74) is 2.13. The monoisotopic (exact) mass is 316 g/mol. The average molecular weight is 317 g/mol. The lowest BCUT2D eigenvalue weighted by Crippen LogP contribution is -2.13. The molecule has 0 saturated carbocycles. The van der Waals surface area contributed by atoms with Crippen LogP contribution in [-0.4, -0.2) is 4.98 Å². The molecule has 0 aliphatic heterocycles. The molecule has 22 heavy (non-hydrogen) atoms. The Morgan fingerprint density at radius 3 is 2.68 bits per heavy atom. The summed E-state index contributed by atoms with van der Waals surface area (Å²) < 4.78 is 13.8. The van der Waals surface area contributed by atoms with E-state index < -0.39 is 5.82 Å². The van der Waals surface area contributed by atoms with Crippen molar-refractivity contribution in [3.63, 3.8) is 0 Å². The van der Waals surface area contributed by atoms with Gasteiger partial charge in [-0.05, 0) is 42.3 Å². The molecule has 3 nitrogen and oxygen atoms in total. The second-order valence-electron chi connectivity index (χ2n) is 5.18. The minimum atomic E-state index is -0.420. The van der Waals surface area contributed by atoms with E-state index in [4.69, 9.17) is 11.6 Å². The van der Waals surface area contributed by atoms with Gasteiger partial charge in [0.2, 0.25) is 5.43 Å². The topological polar surface area (TPSA) is 44.9 Å². The quantitative estimate of drug-likeness (QED) is 0.759. The number of pyridine rings is 1. The summed E-state index contributed by atoms with van der Waals surface area (Å²) in [6.07, 6.45) is 1.50. The number of hydrogen-bond acceptors (Lipinski definition) is 2. The van der Waals surface area contributed by atoms with Crippen molar-refractivity contribution in [2.24, 2.45) is 0 Å². The number of H-pyrrole nitrogens is 1. The first kappa shape index (κ1) is 14.6. The normalized spacial score (nSPS) is 10.9. The number of fused-ring (bicyclic) bond motifs is 1. The molecule has 0 fully saturated rings. The van der Waals surface area contributed by atoms with Crippen molar-refractivity contribution in [3.05, 3.63) is 74.8 Å². The molecule has 0 unspecified atom stereocenters. The molecule has 0 aliphatic carbocycles.